The maximum atomic E-state index is 13.2. The minimum Gasteiger partial charge on any atom is -0.477 e. The highest BCUT2D eigenvalue weighted by molar-refractivity contribution is 5.96. The second-order valence-electron chi connectivity index (χ2n) is 11.0. The minimum atomic E-state index is -1.24. The lowest BCUT2D eigenvalue weighted by Crippen LogP contribution is -2.24. The first-order valence-corrected chi connectivity index (χ1v) is 15.8. The molecule has 0 radical (unpaired) electrons. The van der Waals surface area contributed by atoms with Crippen LogP contribution >= 0.6 is 0 Å². The highest BCUT2D eigenvalue weighted by atomic mass is 19.1. The molecule has 290 valence electrons. The SMILES string of the molecule is COC(=O)c1cc(C(=O)NCc2ccc(F)c(C)c2)ncn1.COC(=O)c1cc(C(=O)O)ncn1.Cc1cc(CNC(=O)c2cc(C(=O)O)ncn2)ccc1F. The van der Waals surface area contributed by atoms with Crippen molar-refractivity contribution < 1.29 is 57.2 Å². The maximum Gasteiger partial charge on any atom is 0.356 e. The van der Waals surface area contributed by atoms with Crippen molar-refractivity contribution in [3.05, 3.63) is 142 Å². The van der Waals surface area contributed by atoms with Crippen molar-refractivity contribution in [1.29, 1.82) is 0 Å². The van der Waals surface area contributed by atoms with Crippen molar-refractivity contribution in [3.8, 4) is 0 Å². The molecule has 2 amide bonds. The van der Waals surface area contributed by atoms with Crippen molar-refractivity contribution >= 4 is 35.7 Å². The average Bonchev–Trinajstić information content (AvgIpc) is 3.21. The smallest absolute Gasteiger partial charge is 0.356 e. The van der Waals surface area contributed by atoms with Crippen LogP contribution in [0.3, 0.4) is 0 Å². The van der Waals surface area contributed by atoms with E-state index >= 15 is 0 Å². The number of carbonyl (C=O) groups excluding carboxylic acids is 4. The first-order valence-electron chi connectivity index (χ1n) is 15.8. The lowest BCUT2D eigenvalue weighted by molar-refractivity contribution is 0.0584. The average molecular weight is 775 g/mol. The molecular weight excluding hydrogens is 742 g/mol. The number of aromatic nitrogens is 6. The van der Waals surface area contributed by atoms with Gasteiger partial charge in [0.2, 0.25) is 0 Å². The summed E-state index contributed by atoms with van der Waals surface area (Å²) < 4.78 is 35.2. The summed E-state index contributed by atoms with van der Waals surface area (Å²) in [5.74, 6) is -5.39. The Morgan fingerprint density at radius 1 is 0.536 bits per heavy atom. The third kappa shape index (κ3) is 12.8. The van der Waals surface area contributed by atoms with Gasteiger partial charge in [-0.25, -0.2) is 57.9 Å². The largest absolute Gasteiger partial charge is 0.477 e. The second-order valence-corrected chi connectivity index (χ2v) is 11.0. The van der Waals surface area contributed by atoms with Gasteiger partial charge in [-0.15, -0.1) is 0 Å². The van der Waals surface area contributed by atoms with Crippen LogP contribution in [0.4, 0.5) is 8.78 Å². The molecule has 0 saturated heterocycles. The zero-order valence-electron chi connectivity index (χ0n) is 29.9. The Kier molecular flexibility index (Phi) is 15.7. The predicted octanol–water partition coefficient (Wildman–Crippen LogP) is 3.15. The van der Waals surface area contributed by atoms with Crippen molar-refractivity contribution in [3.63, 3.8) is 0 Å². The Morgan fingerprint density at radius 3 is 1.20 bits per heavy atom. The number of benzene rings is 2. The number of carboxylic acid groups (broad SMARTS) is 2. The molecule has 5 aromatic rings. The van der Waals surface area contributed by atoms with Crippen molar-refractivity contribution in [1.82, 2.24) is 40.5 Å². The molecular formula is C36H32F2N8O10. The summed E-state index contributed by atoms with van der Waals surface area (Å²) in [5.41, 5.74) is 1.91. The molecule has 18 nitrogen and oxygen atoms in total. The van der Waals surface area contributed by atoms with E-state index in [1.54, 1.807) is 38.1 Å². The fourth-order valence-corrected chi connectivity index (χ4v) is 4.17. The number of amides is 2. The van der Waals surface area contributed by atoms with Crippen LogP contribution < -0.4 is 10.6 Å². The van der Waals surface area contributed by atoms with E-state index in [1.807, 2.05) is 0 Å². The van der Waals surface area contributed by atoms with Gasteiger partial charge in [0.05, 0.1) is 14.2 Å². The lowest BCUT2D eigenvalue weighted by atomic mass is 10.1. The first kappa shape index (κ1) is 42.8. The topological polar surface area (TPSA) is 263 Å². The maximum absolute atomic E-state index is 13.2. The van der Waals surface area contributed by atoms with Crippen LogP contribution in [0.15, 0.2) is 73.6 Å². The van der Waals surface area contributed by atoms with Gasteiger partial charge in [-0.1, -0.05) is 24.3 Å². The van der Waals surface area contributed by atoms with E-state index in [0.29, 0.717) is 11.1 Å². The quantitative estimate of drug-likeness (QED) is 0.149. The lowest BCUT2D eigenvalue weighted by Gasteiger charge is -2.06. The molecule has 56 heavy (non-hydrogen) atoms. The van der Waals surface area contributed by atoms with Crippen LogP contribution in [0.1, 0.15) is 85.2 Å². The molecule has 20 heteroatoms. The summed E-state index contributed by atoms with van der Waals surface area (Å²) in [7, 11) is 2.41. The van der Waals surface area contributed by atoms with Gasteiger partial charge in [-0.05, 0) is 48.2 Å². The van der Waals surface area contributed by atoms with Crippen molar-refractivity contribution in [2.24, 2.45) is 0 Å². The Labute approximate surface area is 316 Å². The van der Waals surface area contributed by atoms with Gasteiger partial charge in [0.15, 0.2) is 22.8 Å². The molecule has 4 N–H and O–H groups in total. The molecule has 3 heterocycles. The summed E-state index contributed by atoms with van der Waals surface area (Å²) in [6, 6.07) is 12.5. The number of halogens is 2. The van der Waals surface area contributed by atoms with E-state index in [2.05, 4.69) is 50.0 Å². The van der Waals surface area contributed by atoms with Gasteiger partial charge in [0.1, 0.15) is 42.0 Å². The fourth-order valence-electron chi connectivity index (χ4n) is 4.17. The molecule has 0 unspecified atom stereocenters. The number of nitrogens with zero attached hydrogens (tertiary/aromatic N) is 6. The zero-order chi connectivity index (χ0) is 41.4. The molecule has 0 spiro atoms. The van der Waals surface area contributed by atoms with Gasteiger partial charge in [0.25, 0.3) is 11.8 Å². The fraction of sp³-hybridized carbons (Fsp3) is 0.167. The van der Waals surface area contributed by atoms with Crippen LogP contribution in [-0.2, 0) is 22.6 Å². The molecule has 0 saturated carbocycles. The molecule has 0 aliphatic carbocycles. The van der Waals surface area contributed by atoms with Crippen LogP contribution in [0.5, 0.6) is 0 Å². The summed E-state index contributed by atoms with van der Waals surface area (Å²) >= 11 is 0. The van der Waals surface area contributed by atoms with Crippen molar-refractivity contribution in [2.75, 3.05) is 14.2 Å². The van der Waals surface area contributed by atoms with Crippen LogP contribution in [-0.4, -0.2) is 90.0 Å². The Bertz CT molecular complexity index is 2260. The van der Waals surface area contributed by atoms with Gasteiger partial charge in [0, 0.05) is 31.3 Å². The van der Waals surface area contributed by atoms with Crippen LogP contribution in [0.2, 0.25) is 0 Å². The number of aryl methyl sites for hydroxylation is 2. The Hall–Kier alpha value is -7.64. The molecule has 3 aromatic heterocycles. The third-order valence-corrected chi connectivity index (χ3v) is 7.04. The van der Waals surface area contributed by atoms with E-state index in [9.17, 15) is 37.5 Å². The minimum absolute atomic E-state index is 0.000256. The van der Waals surface area contributed by atoms with Gasteiger partial charge in [-0.3, -0.25) is 9.59 Å². The highest BCUT2D eigenvalue weighted by Crippen LogP contribution is 2.11. The number of aromatic carboxylic acids is 2. The van der Waals surface area contributed by atoms with Crippen LogP contribution in [0.25, 0.3) is 0 Å². The monoisotopic (exact) mass is 774 g/mol. The van der Waals surface area contributed by atoms with E-state index in [1.165, 1.54) is 32.4 Å². The zero-order valence-corrected chi connectivity index (χ0v) is 29.9. The molecule has 0 aliphatic rings. The highest BCUT2D eigenvalue weighted by Gasteiger charge is 2.15. The first-order chi connectivity index (χ1) is 26.6. The number of nitrogens with one attached hydrogen (secondary N) is 2. The standard InChI is InChI=1S/C15H14FN3O3.C14H12FN3O3.C7H6N2O4/c1-9-5-10(3-4-11(9)16)7-17-14(20)12-6-13(15(21)22-2)19-8-18-12;1-8-4-9(2-3-10(8)15)6-16-13(19)11-5-12(14(20)21)18-7-17-11;1-13-7(12)5-2-4(6(10)11)8-3-9-5/h3-6,8H,7H2,1-2H3,(H,17,20);2-5,7H,6H2,1H3,(H,16,19)(H,20,21);2-3H,1H3,(H,10,11). The summed E-state index contributed by atoms with van der Waals surface area (Å²) in [6.07, 6.45) is 3.12. The van der Waals surface area contributed by atoms with E-state index in [-0.39, 0.29) is 58.9 Å². The van der Waals surface area contributed by atoms with E-state index in [0.717, 1.165) is 42.2 Å². The number of methoxy groups -OCH3 is 2. The molecule has 0 bridgehead atoms. The Balaban J connectivity index is 0.000000233. The van der Waals surface area contributed by atoms with E-state index in [4.69, 9.17) is 10.2 Å². The molecule has 0 atom stereocenters. The number of ether oxygens (including phenoxy) is 2. The number of carbonyl (C=O) groups is 6. The summed E-state index contributed by atoms with van der Waals surface area (Å²) in [5, 5.41) is 22.5. The molecule has 0 aliphatic heterocycles. The molecule has 0 fully saturated rings. The van der Waals surface area contributed by atoms with Crippen molar-refractivity contribution in [2.45, 2.75) is 26.9 Å². The normalized spacial score (nSPS) is 9.96. The van der Waals surface area contributed by atoms with Crippen LogP contribution in [0, 0.1) is 25.5 Å². The predicted molar refractivity (Wildman–Crippen MR) is 187 cm³/mol. The van der Waals surface area contributed by atoms with E-state index < -0.39 is 35.7 Å². The number of hydrogen-bond acceptors (Lipinski definition) is 14. The summed E-state index contributed by atoms with van der Waals surface area (Å²) in [6.45, 7) is 3.68. The number of rotatable bonds is 10. The van der Waals surface area contributed by atoms with Gasteiger partial charge < -0.3 is 30.3 Å². The second kappa shape index (κ2) is 20.6. The number of esters is 2. The summed E-state index contributed by atoms with van der Waals surface area (Å²) in [4.78, 5) is 89.1. The van der Waals surface area contributed by atoms with Gasteiger partial charge >= 0.3 is 23.9 Å². The van der Waals surface area contributed by atoms with Gasteiger partial charge in [-0.2, -0.15) is 0 Å². The Morgan fingerprint density at radius 2 is 0.857 bits per heavy atom. The molecule has 5 rings (SSSR count). The number of hydrogen-bond donors (Lipinski definition) is 4. The number of carboxylic acids is 2. The molecule has 2 aromatic carbocycles. The third-order valence-electron chi connectivity index (χ3n) is 7.04.